The molecular formula is C28H36F5N5O3S. The maximum atomic E-state index is 14.3. The van der Waals surface area contributed by atoms with E-state index in [4.69, 9.17) is 0 Å². The van der Waals surface area contributed by atoms with E-state index in [1.807, 2.05) is 13.8 Å². The molecule has 42 heavy (non-hydrogen) atoms. The third kappa shape index (κ3) is 7.01. The number of carbonyl (C=O) groups is 2. The Bertz CT molecular complexity index is 1270. The van der Waals surface area contributed by atoms with Crippen molar-refractivity contribution in [2.45, 2.75) is 103 Å². The number of nitrogens with one attached hydrogen (secondary N) is 2. The number of hydrogen-bond acceptors (Lipinski definition) is 7. The van der Waals surface area contributed by atoms with E-state index in [0.29, 0.717) is 12.8 Å². The van der Waals surface area contributed by atoms with Crippen LogP contribution in [0.2, 0.25) is 0 Å². The van der Waals surface area contributed by atoms with Crippen LogP contribution in [-0.2, 0) is 0 Å². The van der Waals surface area contributed by atoms with Crippen LogP contribution in [0.5, 0.6) is 0 Å². The Morgan fingerprint density at radius 3 is 2.19 bits per heavy atom. The number of aliphatic hydroxyl groups is 1. The minimum atomic E-state index is -4.58. The summed E-state index contributed by atoms with van der Waals surface area (Å²) in [6.07, 6.45) is -2.65. The SMILES string of the molecule is CC.CC(C)(O)CNC(=O)c1nc(C(=O)N2C3CCC2CC3)c(-c2cnc(NC(C3CC3)C(F)(F)F)cc2C(F)F)s1. The van der Waals surface area contributed by atoms with Gasteiger partial charge in [-0.2, -0.15) is 13.2 Å². The topological polar surface area (TPSA) is 107 Å². The minimum Gasteiger partial charge on any atom is -0.389 e. The van der Waals surface area contributed by atoms with Crippen LogP contribution in [-0.4, -0.2) is 68.2 Å². The molecule has 0 spiro atoms. The van der Waals surface area contributed by atoms with E-state index in [1.165, 1.54) is 13.8 Å². The maximum Gasteiger partial charge on any atom is 0.408 e. The quantitative estimate of drug-likeness (QED) is 0.290. The number of pyridine rings is 1. The summed E-state index contributed by atoms with van der Waals surface area (Å²) >= 11 is 0.726. The molecule has 2 saturated heterocycles. The summed E-state index contributed by atoms with van der Waals surface area (Å²) in [6.45, 7) is 6.86. The lowest BCUT2D eigenvalue weighted by molar-refractivity contribution is -0.146. The van der Waals surface area contributed by atoms with Crippen LogP contribution in [0.1, 0.15) is 98.5 Å². The molecule has 1 atom stereocenters. The van der Waals surface area contributed by atoms with Crippen molar-refractivity contribution in [1.82, 2.24) is 20.2 Å². The number of fused-ring (bicyclic) bond motifs is 2. The van der Waals surface area contributed by atoms with Crippen LogP contribution in [0.15, 0.2) is 12.3 Å². The first-order valence-electron chi connectivity index (χ1n) is 14.2. The fraction of sp³-hybridized carbons (Fsp3) is 0.643. The summed E-state index contributed by atoms with van der Waals surface area (Å²) in [5.74, 6) is -2.18. The molecular weight excluding hydrogens is 581 g/mol. The third-order valence-electron chi connectivity index (χ3n) is 7.56. The van der Waals surface area contributed by atoms with Crippen molar-refractivity contribution in [3.05, 3.63) is 28.5 Å². The molecule has 4 heterocycles. The van der Waals surface area contributed by atoms with Crippen LogP contribution in [0.3, 0.4) is 0 Å². The summed E-state index contributed by atoms with van der Waals surface area (Å²) in [5.41, 5.74) is -2.20. The smallest absolute Gasteiger partial charge is 0.389 e. The molecule has 232 valence electrons. The molecule has 3 aliphatic rings. The van der Waals surface area contributed by atoms with Crippen LogP contribution in [0, 0.1) is 5.92 Å². The highest BCUT2D eigenvalue weighted by molar-refractivity contribution is 7.17. The van der Waals surface area contributed by atoms with Crippen molar-refractivity contribution in [1.29, 1.82) is 0 Å². The van der Waals surface area contributed by atoms with Gasteiger partial charge in [-0.05, 0) is 64.4 Å². The minimum absolute atomic E-state index is 0.000473. The van der Waals surface area contributed by atoms with Crippen molar-refractivity contribution in [3.63, 3.8) is 0 Å². The number of carbonyl (C=O) groups excluding carboxylic acids is 2. The zero-order chi connectivity index (χ0) is 31.0. The number of rotatable bonds is 9. The van der Waals surface area contributed by atoms with Crippen molar-refractivity contribution in [2.75, 3.05) is 11.9 Å². The third-order valence-corrected chi connectivity index (χ3v) is 8.65. The molecule has 3 N–H and O–H groups in total. The molecule has 0 aromatic carbocycles. The first-order valence-corrected chi connectivity index (χ1v) is 15.0. The normalized spacial score (nSPS) is 20.8. The average molecular weight is 618 g/mol. The lowest BCUT2D eigenvalue weighted by atomic mass is 10.0. The van der Waals surface area contributed by atoms with Gasteiger partial charge in [-0.15, -0.1) is 11.3 Å². The number of thiazole rings is 1. The second-order valence-electron chi connectivity index (χ2n) is 11.3. The molecule has 5 rings (SSSR count). The highest BCUT2D eigenvalue weighted by Gasteiger charge is 2.49. The Morgan fingerprint density at radius 1 is 1.10 bits per heavy atom. The Balaban J connectivity index is 0.00000198. The Hall–Kier alpha value is -2.87. The van der Waals surface area contributed by atoms with Crippen LogP contribution >= 0.6 is 11.3 Å². The van der Waals surface area contributed by atoms with Gasteiger partial charge in [0, 0.05) is 36.0 Å². The van der Waals surface area contributed by atoms with Crippen molar-refractivity contribution >= 4 is 29.0 Å². The predicted octanol–water partition coefficient (Wildman–Crippen LogP) is 6.19. The lowest BCUT2D eigenvalue weighted by Crippen LogP contribution is -2.38. The molecule has 3 fully saturated rings. The molecule has 2 aromatic heterocycles. The molecule has 8 nitrogen and oxygen atoms in total. The highest BCUT2D eigenvalue weighted by atomic mass is 32.1. The fourth-order valence-corrected chi connectivity index (χ4v) is 6.46. The van der Waals surface area contributed by atoms with Gasteiger partial charge in [-0.1, -0.05) is 13.8 Å². The van der Waals surface area contributed by atoms with Crippen LogP contribution in [0.25, 0.3) is 10.4 Å². The van der Waals surface area contributed by atoms with Crippen LogP contribution < -0.4 is 10.6 Å². The summed E-state index contributed by atoms with van der Waals surface area (Å²) in [7, 11) is 0. The van der Waals surface area contributed by atoms with Gasteiger partial charge in [0.15, 0.2) is 5.01 Å². The summed E-state index contributed by atoms with van der Waals surface area (Å²) in [5, 5.41) is 14.6. The second kappa shape index (κ2) is 12.4. The summed E-state index contributed by atoms with van der Waals surface area (Å²) < 4.78 is 69.2. The van der Waals surface area contributed by atoms with E-state index in [0.717, 1.165) is 49.3 Å². The number of nitrogens with zero attached hydrogens (tertiary/aromatic N) is 3. The van der Waals surface area contributed by atoms with Crippen LogP contribution in [0.4, 0.5) is 27.8 Å². The zero-order valence-electron chi connectivity index (χ0n) is 23.9. The average Bonchev–Trinajstić information content (AvgIpc) is 3.36. The fourth-order valence-electron chi connectivity index (χ4n) is 5.46. The number of alkyl halides is 5. The first kappa shape index (κ1) is 32.1. The van der Waals surface area contributed by atoms with Gasteiger partial charge < -0.3 is 20.6 Å². The van der Waals surface area contributed by atoms with Crippen molar-refractivity contribution in [2.24, 2.45) is 5.92 Å². The molecule has 1 unspecified atom stereocenters. The molecule has 2 bridgehead atoms. The van der Waals surface area contributed by atoms with E-state index in [-0.39, 0.29) is 45.6 Å². The maximum absolute atomic E-state index is 14.3. The molecule has 1 aliphatic carbocycles. The van der Waals surface area contributed by atoms with Crippen molar-refractivity contribution < 1.29 is 36.6 Å². The number of anilines is 1. The van der Waals surface area contributed by atoms with Gasteiger partial charge in [-0.25, -0.2) is 18.7 Å². The van der Waals surface area contributed by atoms with Gasteiger partial charge in [0.2, 0.25) is 0 Å². The van der Waals surface area contributed by atoms with E-state index < -0.39 is 47.5 Å². The van der Waals surface area contributed by atoms with Gasteiger partial charge >= 0.3 is 6.18 Å². The number of hydrogen-bond donors (Lipinski definition) is 3. The van der Waals surface area contributed by atoms with Gasteiger partial charge in [0.05, 0.1) is 10.5 Å². The largest absolute Gasteiger partial charge is 0.408 e. The molecule has 2 aliphatic heterocycles. The predicted molar refractivity (Wildman–Crippen MR) is 149 cm³/mol. The van der Waals surface area contributed by atoms with Crippen molar-refractivity contribution in [3.8, 4) is 10.4 Å². The first-order chi connectivity index (χ1) is 19.7. The summed E-state index contributed by atoms with van der Waals surface area (Å²) in [6, 6.07) is -1.04. The number of aromatic nitrogens is 2. The molecule has 1 saturated carbocycles. The lowest BCUT2D eigenvalue weighted by Gasteiger charge is -2.23. The molecule has 2 amide bonds. The standard InChI is InChI=1S/C26H30F5N5O3S.C2H6/c1-25(2,39)11-33-22(37)23-35-18(24(38)36-13-5-6-14(36)8-7-13)19(40-23)16-10-32-17(9-15(16)21(27)28)34-20(12-3-4-12)26(29,30)31;1-2/h9-10,12-14,20-21,39H,3-8,11H2,1-2H3,(H,32,34)(H,33,37);1-2H3. The Morgan fingerprint density at radius 2 is 1.69 bits per heavy atom. The molecule has 14 heteroatoms. The van der Waals surface area contributed by atoms with E-state index >= 15 is 0 Å². The molecule has 2 aromatic rings. The second-order valence-corrected chi connectivity index (χ2v) is 12.3. The van der Waals surface area contributed by atoms with E-state index in [1.54, 1.807) is 4.90 Å². The van der Waals surface area contributed by atoms with Gasteiger partial charge in [-0.3, -0.25) is 9.59 Å². The van der Waals surface area contributed by atoms with E-state index in [9.17, 15) is 36.6 Å². The zero-order valence-corrected chi connectivity index (χ0v) is 24.7. The number of amides is 2. The monoisotopic (exact) mass is 617 g/mol. The molecule has 0 radical (unpaired) electrons. The van der Waals surface area contributed by atoms with Gasteiger partial charge in [0.25, 0.3) is 18.2 Å². The summed E-state index contributed by atoms with van der Waals surface area (Å²) in [4.78, 5) is 36.5. The Kier molecular flexibility index (Phi) is 9.46. The van der Waals surface area contributed by atoms with Gasteiger partial charge in [0.1, 0.15) is 17.6 Å². The Labute approximate surface area is 245 Å². The van der Waals surface area contributed by atoms with E-state index in [2.05, 4.69) is 20.6 Å². The highest BCUT2D eigenvalue weighted by Crippen LogP contribution is 2.44. The number of halogens is 5.